The van der Waals surface area contributed by atoms with Gasteiger partial charge in [-0.3, -0.25) is 4.79 Å². The Bertz CT molecular complexity index is 501. The van der Waals surface area contributed by atoms with Crippen LogP contribution < -0.4 is 15.8 Å². The van der Waals surface area contributed by atoms with E-state index in [9.17, 15) is 4.79 Å². The van der Waals surface area contributed by atoms with Gasteiger partial charge in [0, 0.05) is 6.07 Å². The average Bonchev–Trinajstić information content (AvgIpc) is 3.09. The molecule has 5 nitrogen and oxygen atoms in total. The van der Waals surface area contributed by atoms with E-state index in [4.69, 9.17) is 15.7 Å². The van der Waals surface area contributed by atoms with E-state index in [1.165, 1.54) is 7.11 Å². The van der Waals surface area contributed by atoms with Crippen LogP contribution in [0, 0.1) is 11.3 Å². The summed E-state index contributed by atoms with van der Waals surface area (Å²) in [6.45, 7) is 0. The van der Waals surface area contributed by atoms with Crippen LogP contribution in [0.15, 0.2) is 18.2 Å². The Hall–Kier alpha value is -2.06. The number of ether oxygens (including phenoxy) is 1. The largest absolute Gasteiger partial charge is 0.495 e. The summed E-state index contributed by atoms with van der Waals surface area (Å²) in [6.07, 6.45) is 1.41. The van der Waals surface area contributed by atoms with E-state index in [-0.39, 0.29) is 5.91 Å². The topological polar surface area (TPSA) is 88.1 Å². The number of methoxy groups -OCH3 is 1. The average molecular weight is 231 g/mol. The van der Waals surface area contributed by atoms with Crippen molar-refractivity contribution in [2.75, 3.05) is 12.4 Å². The number of hydrogen-bond acceptors (Lipinski definition) is 4. The lowest BCUT2D eigenvalue weighted by Gasteiger charge is -2.13. The minimum absolute atomic E-state index is 0.208. The van der Waals surface area contributed by atoms with E-state index in [1.807, 2.05) is 6.07 Å². The summed E-state index contributed by atoms with van der Waals surface area (Å²) in [7, 11) is 1.49. The van der Waals surface area contributed by atoms with Gasteiger partial charge in [0.1, 0.15) is 5.75 Å². The van der Waals surface area contributed by atoms with Gasteiger partial charge in [-0.1, -0.05) is 0 Å². The zero-order valence-electron chi connectivity index (χ0n) is 9.49. The maximum absolute atomic E-state index is 11.8. The van der Waals surface area contributed by atoms with Crippen molar-refractivity contribution in [3.8, 4) is 11.8 Å². The summed E-state index contributed by atoms with van der Waals surface area (Å²) in [6, 6.07) is 6.84. The van der Waals surface area contributed by atoms with Crippen LogP contribution >= 0.6 is 0 Å². The van der Waals surface area contributed by atoms with Gasteiger partial charge < -0.3 is 15.8 Å². The van der Waals surface area contributed by atoms with Gasteiger partial charge in [0.15, 0.2) is 0 Å². The van der Waals surface area contributed by atoms with Crippen LogP contribution in [0.4, 0.5) is 5.69 Å². The number of amides is 1. The lowest BCUT2D eigenvalue weighted by Crippen LogP contribution is -2.37. The second-order valence-electron chi connectivity index (χ2n) is 4.14. The third-order valence-corrected chi connectivity index (χ3v) is 2.82. The van der Waals surface area contributed by atoms with Gasteiger partial charge in [-0.15, -0.1) is 0 Å². The molecule has 3 N–H and O–H groups in total. The van der Waals surface area contributed by atoms with Crippen LogP contribution in [0.2, 0.25) is 0 Å². The molecule has 2 rings (SSSR count). The summed E-state index contributed by atoms with van der Waals surface area (Å²) in [4.78, 5) is 11.8. The van der Waals surface area contributed by atoms with Gasteiger partial charge in [0.05, 0.1) is 30.0 Å². The molecule has 88 valence electrons. The van der Waals surface area contributed by atoms with Crippen molar-refractivity contribution in [2.24, 2.45) is 5.73 Å². The lowest BCUT2D eigenvalue weighted by molar-refractivity contribution is -0.118. The van der Waals surface area contributed by atoms with Gasteiger partial charge in [0.2, 0.25) is 5.91 Å². The normalized spacial score (nSPS) is 15.8. The number of nitrogens with zero attached hydrogens (tertiary/aromatic N) is 1. The number of carbonyl (C=O) groups excluding carboxylic acids is 1. The van der Waals surface area contributed by atoms with Gasteiger partial charge in [0.25, 0.3) is 0 Å². The molecule has 0 bridgehead atoms. The molecular formula is C12H13N3O2. The zero-order valence-corrected chi connectivity index (χ0v) is 9.49. The van der Waals surface area contributed by atoms with Crippen molar-refractivity contribution in [1.82, 2.24) is 0 Å². The van der Waals surface area contributed by atoms with E-state index in [2.05, 4.69) is 5.32 Å². The highest BCUT2D eigenvalue weighted by Crippen LogP contribution is 2.34. The monoisotopic (exact) mass is 231 g/mol. The number of carbonyl (C=O) groups is 1. The minimum Gasteiger partial charge on any atom is -0.495 e. The zero-order chi connectivity index (χ0) is 12.5. The van der Waals surface area contributed by atoms with Gasteiger partial charge in [-0.2, -0.15) is 5.26 Å². The summed E-state index contributed by atoms with van der Waals surface area (Å²) in [5.74, 6) is 0.252. The molecule has 1 aromatic carbocycles. The quantitative estimate of drug-likeness (QED) is 0.812. The molecule has 0 aromatic heterocycles. The molecular weight excluding hydrogens is 218 g/mol. The predicted molar refractivity (Wildman–Crippen MR) is 62.5 cm³/mol. The molecule has 1 aliphatic rings. The number of rotatable bonds is 3. The third kappa shape index (κ3) is 2.22. The van der Waals surface area contributed by atoms with E-state index in [0.29, 0.717) is 29.8 Å². The Kier molecular flexibility index (Phi) is 2.74. The molecule has 1 amide bonds. The van der Waals surface area contributed by atoms with E-state index < -0.39 is 5.54 Å². The first kappa shape index (κ1) is 11.4. The van der Waals surface area contributed by atoms with E-state index in [1.54, 1.807) is 18.2 Å². The fourth-order valence-electron chi connectivity index (χ4n) is 1.47. The fourth-order valence-corrected chi connectivity index (χ4v) is 1.47. The van der Waals surface area contributed by atoms with E-state index >= 15 is 0 Å². The minimum atomic E-state index is -0.723. The highest BCUT2D eigenvalue weighted by Gasteiger charge is 2.46. The first-order valence-corrected chi connectivity index (χ1v) is 5.27. The lowest BCUT2D eigenvalue weighted by atomic mass is 10.2. The molecule has 0 atom stereocenters. The predicted octanol–water partition coefficient (Wildman–Crippen LogP) is 0.997. The standard InChI is InChI=1S/C12H13N3O2/c1-17-10-6-8(7-13)2-3-9(10)15-11(16)12(14)4-5-12/h2-3,6H,4-5,14H2,1H3,(H,15,16). The van der Waals surface area contributed by atoms with Gasteiger partial charge >= 0.3 is 0 Å². The molecule has 5 heteroatoms. The Morgan fingerprint density at radius 1 is 1.59 bits per heavy atom. The number of nitriles is 1. The molecule has 1 aromatic rings. The second kappa shape index (κ2) is 4.07. The Morgan fingerprint density at radius 3 is 2.82 bits per heavy atom. The number of hydrogen-bond donors (Lipinski definition) is 2. The number of nitrogens with one attached hydrogen (secondary N) is 1. The number of benzene rings is 1. The summed E-state index contributed by atoms with van der Waals surface area (Å²) in [5.41, 5.74) is 6.07. The first-order valence-electron chi connectivity index (χ1n) is 5.27. The molecule has 0 spiro atoms. The molecule has 17 heavy (non-hydrogen) atoms. The molecule has 0 unspecified atom stereocenters. The van der Waals surface area contributed by atoms with Crippen LogP contribution in [-0.4, -0.2) is 18.6 Å². The summed E-state index contributed by atoms with van der Waals surface area (Å²) < 4.78 is 5.12. The van der Waals surface area contributed by atoms with Crippen molar-refractivity contribution < 1.29 is 9.53 Å². The highest BCUT2D eigenvalue weighted by molar-refractivity contribution is 6.01. The summed E-state index contributed by atoms with van der Waals surface area (Å²) in [5, 5.41) is 11.5. The van der Waals surface area contributed by atoms with Crippen LogP contribution in [0.3, 0.4) is 0 Å². The molecule has 0 radical (unpaired) electrons. The van der Waals surface area contributed by atoms with Crippen LogP contribution in [0.1, 0.15) is 18.4 Å². The highest BCUT2D eigenvalue weighted by atomic mass is 16.5. The molecule has 1 fully saturated rings. The molecule has 1 aliphatic carbocycles. The number of nitrogens with two attached hydrogens (primary N) is 1. The maximum Gasteiger partial charge on any atom is 0.244 e. The van der Waals surface area contributed by atoms with Crippen LogP contribution in [0.5, 0.6) is 5.75 Å². The van der Waals surface area contributed by atoms with E-state index in [0.717, 1.165) is 0 Å². The van der Waals surface area contributed by atoms with Crippen molar-refractivity contribution in [3.63, 3.8) is 0 Å². The van der Waals surface area contributed by atoms with Gasteiger partial charge in [-0.05, 0) is 25.0 Å². The van der Waals surface area contributed by atoms with Crippen molar-refractivity contribution in [1.29, 1.82) is 5.26 Å². The van der Waals surface area contributed by atoms with Crippen molar-refractivity contribution in [2.45, 2.75) is 18.4 Å². The summed E-state index contributed by atoms with van der Waals surface area (Å²) >= 11 is 0. The Balaban J connectivity index is 2.21. The molecule has 0 saturated heterocycles. The fraction of sp³-hybridized carbons (Fsp3) is 0.333. The second-order valence-corrected chi connectivity index (χ2v) is 4.14. The Morgan fingerprint density at radius 2 is 2.29 bits per heavy atom. The van der Waals surface area contributed by atoms with Crippen molar-refractivity contribution >= 4 is 11.6 Å². The smallest absolute Gasteiger partial charge is 0.244 e. The molecule has 1 saturated carbocycles. The SMILES string of the molecule is COc1cc(C#N)ccc1NC(=O)C1(N)CC1. The first-order chi connectivity index (χ1) is 8.09. The van der Waals surface area contributed by atoms with Gasteiger partial charge in [-0.25, -0.2) is 0 Å². The van der Waals surface area contributed by atoms with Crippen LogP contribution in [0.25, 0.3) is 0 Å². The van der Waals surface area contributed by atoms with Crippen LogP contribution in [-0.2, 0) is 4.79 Å². The Labute approximate surface area is 99.2 Å². The molecule has 0 heterocycles. The third-order valence-electron chi connectivity index (χ3n) is 2.82. The maximum atomic E-state index is 11.8. The number of anilines is 1. The van der Waals surface area contributed by atoms with Crippen molar-refractivity contribution in [3.05, 3.63) is 23.8 Å². The molecule has 0 aliphatic heterocycles.